The van der Waals surface area contributed by atoms with E-state index in [1.165, 1.54) is 13.8 Å². The highest BCUT2D eigenvalue weighted by Gasteiger charge is 2.23. The molecule has 1 rings (SSSR count). The number of rotatable bonds is 4. The van der Waals surface area contributed by atoms with Crippen LogP contribution in [0.15, 0.2) is 9.42 Å². The Morgan fingerprint density at radius 2 is 2.13 bits per heavy atom. The van der Waals surface area contributed by atoms with Crippen molar-refractivity contribution in [3.8, 4) is 0 Å². The second kappa shape index (κ2) is 4.30. The smallest absolute Gasteiger partial charge is 0.246 e. The minimum atomic E-state index is -3.64. The van der Waals surface area contributed by atoms with E-state index in [4.69, 9.17) is 9.63 Å². The summed E-state index contributed by atoms with van der Waals surface area (Å²) in [7, 11) is -3.64. The summed E-state index contributed by atoms with van der Waals surface area (Å²) in [6.45, 7) is 4.53. The van der Waals surface area contributed by atoms with E-state index in [1.807, 2.05) is 0 Å². The van der Waals surface area contributed by atoms with Gasteiger partial charge in [0.15, 0.2) is 5.76 Å². The number of sulfonamides is 1. The Morgan fingerprint density at radius 3 is 2.53 bits per heavy atom. The summed E-state index contributed by atoms with van der Waals surface area (Å²) in [5.41, 5.74) is 0.311. The third-order valence-electron chi connectivity index (χ3n) is 1.81. The zero-order chi connectivity index (χ0) is 11.6. The largest absolute Gasteiger partial charge is 0.392 e. The van der Waals surface area contributed by atoms with Crippen LogP contribution in [0.2, 0.25) is 0 Å². The van der Waals surface area contributed by atoms with E-state index in [0.717, 1.165) is 0 Å². The van der Waals surface area contributed by atoms with Gasteiger partial charge in [-0.3, -0.25) is 0 Å². The molecule has 7 heteroatoms. The Bertz CT molecular complexity index is 416. The molecular weight excluding hydrogens is 220 g/mol. The van der Waals surface area contributed by atoms with Crippen molar-refractivity contribution in [1.82, 2.24) is 9.88 Å². The molecule has 1 heterocycles. The lowest BCUT2D eigenvalue weighted by molar-refractivity contribution is 0.198. The zero-order valence-corrected chi connectivity index (χ0v) is 9.63. The Hall–Kier alpha value is -0.920. The first kappa shape index (κ1) is 12.2. The molecule has 86 valence electrons. The molecule has 0 amide bonds. The summed E-state index contributed by atoms with van der Waals surface area (Å²) in [5, 5.41) is 12.5. The molecule has 15 heavy (non-hydrogen) atoms. The molecule has 2 N–H and O–H groups in total. The Kier molecular flexibility index (Phi) is 3.48. The molecule has 6 nitrogen and oxygen atoms in total. The first-order valence-electron chi connectivity index (χ1n) is 4.45. The molecule has 1 aromatic rings. The van der Waals surface area contributed by atoms with E-state index >= 15 is 0 Å². The van der Waals surface area contributed by atoms with E-state index in [9.17, 15) is 8.42 Å². The van der Waals surface area contributed by atoms with Crippen LogP contribution in [0.1, 0.15) is 18.4 Å². The number of aromatic nitrogens is 1. The predicted molar refractivity (Wildman–Crippen MR) is 52.8 cm³/mol. The van der Waals surface area contributed by atoms with Crippen molar-refractivity contribution in [2.24, 2.45) is 0 Å². The maximum atomic E-state index is 11.7. The molecule has 0 aliphatic carbocycles. The van der Waals surface area contributed by atoms with Gasteiger partial charge in [-0.1, -0.05) is 5.16 Å². The minimum Gasteiger partial charge on any atom is -0.392 e. The lowest BCUT2D eigenvalue weighted by atomic mass is 10.4. The third kappa shape index (κ3) is 2.77. The molecule has 1 aromatic heterocycles. The van der Waals surface area contributed by atoms with E-state index in [-0.39, 0.29) is 17.2 Å². The summed E-state index contributed by atoms with van der Waals surface area (Å²) < 4.78 is 30.5. The van der Waals surface area contributed by atoms with Gasteiger partial charge < -0.3 is 9.63 Å². The second-order valence-corrected chi connectivity index (χ2v) is 5.06. The molecule has 0 spiro atoms. The lowest BCUT2D eigenvalue weighted by Gasteiger charge is -2.07. The Morgan fingerprint density at radius 1 is 1.53 bits per heavy atom. The Labute approximate surface area is 88.3 Å². The highest BCUT2D eigenvalue weighted by molar-refractivity contribution is 7.89. The highest BCUT2D eigenvalue weighted by Crippen LogP contribution is 2.18. The lowest BCUT2D eigenvalue weighted by Crippen LogP contribution is -2.31. The molecule has 0 saturated carbocycles. The summed E-state index contributed by atoms with van der Waals surface area (Å²) in [5.74, 6) is 0.241. The van der Waals surface area contributed by atoms with Gasteiger partial charge in [0.05, 0.1) is 6.10 Å². The van der Waals surface area contributed by atoms with E-state index in [2.05, 4.69) is 9.88 Å². The molecule has 0 fully saturated rings. The third-order valence-corrected chi connectivity index (χ3v) is 3.47. The number of hydrogen-bond acceptors (Lipinski definition) is 5. The van der Waals surface area contributed by atoms with Gasteiger partial charge >= 0.3 is 0 Å². The predicted octanol–water partition coefficient (Wildman–Crippen LogP) is -0.0495. The average molecular weight is 234 g/mol. The monoisotopic (exact) mass is 234 g/mol. The van der Waals surface area contributed by atoms with Crippen LogP contribution in [0.3, 0.4) is 0 Å². The minimum absolute atomic E-state index is 0.0353. The van der Waals surface area contributed by atoms with Crippen molar-refractivity contribution < 1.29 is 18.0 Å². The fraction of sp³-hybridized carbons (Fsp3) is 0.625. The SMILES string of the molecule is Cc1noc(C)c1S(=O)(=O)NCC(C)O. The van der Waals surface area contributed by atoms with Gasteiger partial charge in [0.2, 0.25) is 10.0 Å². The van der Waals surface area contributed by atoms with Crippen LogP contribution in [-0.4, -0.2) is 31.3 Å². The maximum absolute atomic E-state index is 11.7. The molecule has 0 bridgehead atoms. The highest BCUT2D eigenvalue weighted by atomic mass is 32.2. The standard InChI is InChI=1S/C8H14N2O4S/c1-5(11)4-9-15(12,13)8-6(2)10-14-7(8)3/h5,9,11H,4H2,1-3H3. The topological polar surface area (TPSA) is 92.4 Å². The number of aryl methyl sites for hydroxylation is 2. The number of nitrogens with zero attached hydrogens (tertiary/aromatic N) is 1. The van der Waals surface area contributed by atoms with Gasteiger partial charge in [0.1, 0.15) is 10.6 Å². The summed E-state index contributed by atoms with van der Waals surface area (Å²) in [6, 6.07) is 0. The van der Waals surface area contributed by atoms with Crippen molar-refractivity contribution in [2.45, 2.75) is 31.8 Å². The molecule has 0 saturated heterocycles. The molecule has 0 aromatic carbocycles. The number of hydrogen-bond donors (Lipinski definition) is 2. The van der Waals surface area contributed by atoms with Crippen LogP contribution in [0.5, 0.6) is 0 Å². The van der Waals surface area contributed by atoms with Gasteiger partial charge in [-0.05, 0) is 20.8 Å². The van der Waals surface area contributed by atoms with Crippen LogP contribution in [0.25, 0.3) is 0 Å². The maximum Gasteiger partial charge on any atom is 0.246 e. The summed E-state index contributed by atoms with van der Waals surface area (Å²) in [6.07, 6.45) is -0.736. The number of aliphatic hydroxyl groups excluding tert-OH is 1. The van der Waals surface area contributed by atoms with Crippen LogP contribution < -0.4 is 4.72 Å². The van der Waals surface area contributed by atoms with Crippen LogP contribution in [0, 0.1) is 13.8 Å². The van der Waals surface area contributed by atoms with Gasteiger partial charge in [-0.2, -0.15) is 0 Å². The van der Waals surface area contributed by atoms with Crippen LogP contribution in [-0.2, 0) is 10.0 Å². The molecule has 0 radical (unpaired) electrons. The van der Waals surface area contributed by atoms with E-state index < -0.39 is 16.1 Å². The van der Waals surface area contributed by atoms with E-state index in [1.54, 1.807) is 6.92 Å². The molecule has 0 aliphatic rings. The fourth-order valence-electron chi connectivity index (χ4n) is 1.16. The molecule has 1 atom stereocenters. The first-order chi connectivity index (χ1) is 6.84. The van der Waals surface area contributed by atoms with Crippen LogP contribution in [0.4, 0.5) is 0 Å². The fourth-order valence-corrected chi connectivity index (χ4v) is 2.61. The van der Waals surface area contributed by atoms with Crippen LogP contribution >= 0.6 is 0 Å². The average Bonchev–Trinajstić information content (AvgIpc) is 2.43. The first-order valence-corrected chi connectivity index (χ1v) is 5.93. The number of aliphatic hydroxyl groups is 1. The van der Waals surface area contributed by atoms with Crippen molar-refractivity contribution in [1.29, 1.82) is 0 Å². The Balaban J connectivity index is 2.96. The summed E-state index contributed by atoms with van der Waals surface area (Å²) >= 11 is 0. The second-order valence-electron chi connectivity index (χ2n) is 3.35. The van der Waals surface area contributed by atoms with Gasteiger partial charge in [-0.25, -0.2) is 13.1 Å². The molecule has 0 aliphatic heterocycles. The number of nitrogens with one attached hydrogen (secondary N) is 1. The van der Waals surface area contributed by atoms with Gasteiger partial charge in [0, 0.05) is 6.54 Å². The van der Waals surface area contributed by atoms with E-state index in [0.29, 0.717) is 5.69 Å². The van der Waals surface area contributed by atoms with Gasteiger partial charge in [0.25, 0.3) is 0 Å². The zero-order valence-electron chi connectivity index (χ0n) is 8.81. The van der Waals surface area contributed by atoms with Crippen molar-refractivity contribution in [3.63, 3.8) is 0 Å². The molecular formula is C8H14N2O4S. The normalized spacial score (nSPS) is 14.1. The van der Waals surface area contributed by atoms with Crippen molar-refractivity contribution >= 4 is 10.0 Å². The quantitative estimate of drug-likeness (QED) is 0.762. The van der Waals surface area contributed by atoms with Crippen molar-refractivity contribution in [3.05, 3.63) is 11.5 Å². The van der Waals surface area contributed by atoms with Gasteiger partial charge in [-0.15, -0.1) is 0 Å². The molecule has 1 unspecified atom stereocenters. The van der Waals surface area contributed by atoms with Crippen molar-refractivity contribution in [2.75, 3.05) is 6.54 Å². The summed E-state index contributed by atoms with van der Waals surface area (Å²) in [4.78, 5) is 0.0446.